The molecule has 222 valence electrons. The maximum atomic E-state index is 13.9. The molecule has 0 radical (unpaired) electrons. The van der Waals surface area contributed by atoms with Crippen LogP contribution in [0.1, 0.15) is 62.5 Å². The quantitative estimate of drug-likeness (QED) is 0.296. The monoisotopic (exact) mass is 571 g/mol. The van der Waals surface area contributed by atoms with Gasteiger partial charge in [-0.1, -0.05) is 74.6 Å². The minimum Gasteiger partial charge on any atom is -0.460 e. The Labute approximate surface area is 247 Å². The van der Waals surface area contributed by atoms with Gasteiger partial charge in [-0.05, 0) is 53.8 Å². The van der Waals surface area contributed by atoms with Crippen molar-refractivity contribution in [2.24, 2.45) is 5.92 Å². The van der Waals surface area contributed by atoms with E-state index in [1.54, 1.807) is 11.1 Å². The number of pyridine rings is 1. The van der Waals surface area contributed by atoms with E-state index in [-0.39, 0.29) is 25.0 Å². The number of hydrogen-bond donors (Lipinski definition) is 3. The highest BCUT2D eigenvalue weighted by molar-refractivity contribution is 5.92. The van der Waals surface area contributed by atoms with Crippen LogP contribution in [0.5, 0.6) is 0 Å². The molecule has 2 fully saturated rings. The van der Waals surface area contributed by atoms with Crippen molar-refractivity contribution in [3.63, 3.8) is 0 Å². The lowest BCUT2D eigenvalue weighted by Gasteiger charge is -2.31. The zero-order valence-corrected chi connectivity index (χ0v) is 24.1. The predicted molar refractivity (Wildman–Crippen MR) is 162 cm³/mol. The second kappa shape index (κ2) is 14.3. The van der Waals surface area contributed by atoms with Crippen molar-refractivity contribution in [2.75, 3.05) is 18.8 Å². The summed E-state index contributed by atoms with van der Waals surface area (Å²) in [6.45, 7) is 1.02. The summed E-state index contributed by atoms with van der Waals surface area (Å²) in [6, 6.07) is 16.2. The van der Waals surface area contributed by atoms with Crippen LogP contribution in [-0.4, -0.2) is 52.8 Å². The highest BCUT2D eigenvalue weighted by Crippen LogP contribution is 2.29. The molecule has 0 spiro atoms. The number of nitrogens with two attached hydrogens (primary N) is 1. The number of aromatic nitrogens is 1. The molecule has 1 saturated heterocycles. The van der Waals surface area contributed by atoms with E-state index in [1.807, 2.05) is 54.6 Å². The Balaban J connectivity index is 1.20. The SMILES string of the molecule is Nc1nccc2cc(CNC(=O)[C@@H]3CCCN3C(=O)[C@@H](CC3CCCCC3)NCC(=O)OCc3ccccc3)ccc12. The largest absolute Gasteiger partial charge is 0.460 e. The van der Waals surface area contributed by atoms with Crippen molar-refractivity contribution >= 4 is 34.4 Å². The second-order valence-corrected chi connectivity index (χ2v) is 11.5. The maximum absolute atomic E-state index is 13.9. The summed E-state index contributed by atoms with van der Waals surface area (Å²) in [4.78, 5) is 45.6. The van der Waals surface area contributed by atoms with E-state index >= 15 is 0 Å². The summed E-state index contributed by atoms with van der Waals surface area (Å²) in [5.74, 6) is 0.233. The molecule has 2 amide bonds. The van der Waals surface area contributed by atoms with Crippen LogP contribution in [0.25, 0.3) is 10.8 Å². The molecule has 1 aliphatic carbocycles. The maximum Gasteiger partial charge on any atom is 0.320 e. The average molecular weight is 572 g/mol. The number of esters is 1. The third-order valence-corrected chi connectivity index (χ3v) is 8.49. The van der Waals surface area contributed by atoms with Crippen LogP contribution in [0.4, 0.5) is 5.82 Å². The van der Waals surface area contributed by atoms with Crippen molar-refractivity contribution in [3.8, 4) is 0 Å². The van der Waals surface area contributed by atoms with Gasteiger partial charge in [0.15, 0.2) is 0 Å². The van der Waals surface area contributed by atoms with Gasteiger partial charge in [0.25, 0.3) is 0 Å². The molecule has 2 aliphatic rings. The standard InChI is InChI=1S/C33H41N5O4/c34-31-27-14-13-25(18-26(27)15-16-35-31)20-37-32(40)29-12-7-17-38(29)33(41)28(19-23-8-3-1-4-9-23)36-21-30(39)42-22-24-10-5-2-6-11-24/h2,5-6,10-11,13-16,18,23,28-29,36H,1,3-4,7-9,12,17,19-22H2,(H2,34,35)(H,37,40)/t28-,29+/m1/s1. The lowest BCUT2D eigenvalue weighted by Crippen LogP contribution is -2.53. The lowest BCUT2D eigenvalue weighted by atomic mass is 9.84. The van der Waals surface area contributed by atoms with Gasteiger partial charge < -0.3 is 20.7 Å². The molecule has 2 heterocycles. The van der Waals surface area contributed by atoms with Crippen molar-refractivity contribution in [2.45, 2.75) is 76.6 Å². The van der Waals surface area contributed by atoms with Crippen molar-refractivity contribution in [1.82, 2.24) is 20.5 Å². The minimum atomic E-state index is -0.537. The molecule has 0 bridgehead atoms. The summed E-state index contributed by atoms with van der Waals surface area (Å²) in [5, 5.41) is 8.08. The number of anilines is 1. The van der Waals surface area contributed by atoms with Gasteiger partial charge in [0.1, 0.15) is 18.5 Å². The number of amides is 2. The van der Waals surface area contributed by atoms with E-state index in [9.17, 15) is 14.4 Å². The number of carbonyl (C=O) groups is 3. The predicted octanol–water partition coefficient (Wildman–Crippen LogP) is 4.10. The first-order valence-electron chi connectivity index (χ1n) is 15.1. The molecule has 1 saturated carbocycles. The van der Waals surface area contributed by atoms with E-state index in [4.69, 9.17) is 10.5 Å². The number of nitrogens with one attached hydrogen (secondary N) is 2. The smallest absolute Gasteiger partial charge is 0.320 e. The summed E-state index contributed by atoms with van der Waals surface area (Å²) >= 11 is 0. The first kappa shape index (κ1) is 29.5. The lowest BCUT2D eigenvalue weighted by molar-refractivity contribution is -0.145. The molecular formula is C33H41N5O4. The summed E-state index contributed by atoms with van der Waals surface area (Å²) in [5.41, 5.74) is 7.83. The first-order chi connectivity index (χ1) is 20.5. The van der Waals surface area contributed by atoms with Crippen molar-refractivity contribution < 1.29 is 19.1 Å². The number of rotatable bonds is 11. The second-order valence-electron chi connectivity index (χ2n) is 11.5. The Morgan fingerprint density at radius 1 is 0.976 bits per heavy atom. The third kappa shape index (κ3) is 7.64. The van der Waals surface area contributed by atoms with Crippen LogP contribution in [-0.2, 0) is 32.3 Å². The fourth-order valence-corrected chi connectivity index (χ4v) is 6.19. The summed E-state index contributed by atoms with van der Waals surface area (Å²) < 4.78 is 5.44. The molecule has 2 atom stereocenters. The van der Waals surface area contributed by atoms with Gasteiger partial charge in [-0.2, -0.15) is 0 Å². The van der Waals surface area contributed by atoms with Crippen molar-refractivity contribution in [3.05, 3.63) is 71.9 Å². The van der Waals surface area contributed by atoms with Gasteiger partial charge >= 0.3 is 5.97 Å². The van der Waals surface area contributed by atoms with Gasteiger partial charge in [-0.15, -0.1) is 0 Å². The molecule has 0 unspecified atom stereocenters. The van der Waals surface area contributed by atoms with E-state index in [2.05, 4.69) is 15.6 Å². The Kier molecular flexibility index (Phi) is 10.0. The zero-order chi connectivity index (χ0) is 29.3. The summed E-state index contributed by atoms with van der Waals surface area (Å²) in [6.07, 6.45) is 9.43. The Hall–Kier alpha value is -3.98. The van der Waals surface area contributed by atoms with Crippen LogP contribution in [0.15, 0.2) is 60.8 Å². The Bertz CT molecular complexity index is 1380. The van der Waals surface area contributed by atoms with Crippen LogP contribution >= 0.6 is 0 Å². The Morgan fingerprint density at radius 3 is 2.60 bits per heavy atom. The van der Waals surface area contributed by atoms with E-state index in [0.29, 0.717) is 37.7 Å². The fourth-order valence-electron chi connectivity index (χ4n) is 6.19. The minimum absolute atomic E-state index is 0.0529. The number of likely N-dealkylation sites (tertiary alicyclic amines) is 1. The summed E-state index contributed by atoms with van der Waals surface area (Å²) in [7, 11) is 0. The van der Waals surface area contributed by atoms with Crippen LogP contribution in [0, 0.1) is 5.92 Å². The zero-order valence-electron chi connectivity index (χ0n) is 24.1. The molecule has 3 aromatic rings. The molecule has 9 nitrogen and oxygen atoms in total. The van der Waals surface area contributed by atoms with Crippen molar-refractivity contribution in [1.29, 1.82) is 0 Å². The van der Waals surface area contributed by atoms with Gasteiger partial charge in [0.2, 0.25) is 11.8 Å². The number of hydrogen-bond acceptors (Lipinski definition) is 7. The van der Waals surface area contributed by atoms with Gasteiger partial charge in [-0.25, -0.2) is 4.98 Å². The number of carbonyl (C=O) groups excluding carboxylic acids is 3. The van der Waals surface area contributed by atoms with Gasteiger partial charge in [0, 0.05) is 24.7 Å². The first-order valence-corrected chi connectivity index (χ1v) is 15.1. The van der Waals surface area contributed by atoms with Gasteiger partial charge in [-0.3, -0.25) is 19.7 Å². The molecule has 42 heavy (non-hydrogen) atoms. The average Bonchev–Trinajstić information content (AvgIpc) is 3.52. The van der Waals surface area contributed by atoms with Crippen LogP contribution in [0.2, 0.25) is 0 Å². The van der Waals surface area contributed by atoms with Gasteiger partial charge in [0.05, 0.1) is 12.6 Å². The molecule has 9 heteroatoms. The van der Waals surface area contributed by atoms with E-state index < -0.39 is 18.1 Å². The number of benzene rings is 2. The molecule has 1 aliphatic heterocycles. The number of fused-ring (bicyclic) bond motifs is 1. The highest BCUT2D eigenvalue weighted by atomic mass is 16.5. The van der Waals surface area contributed by atoms with Crippen LogP contribution in [0.3, 0.4) is 0 Å². The topological polar surface area (TPSA) is 127 Å². The normalized spacial score (nSPS) is 18.1. The number of nitrogen functional groups attached to an aromatic ring is 1. The third-order valence-electron chi connectivity index (χ3n) is 8.49. The molecular weight excluding hydrogens is 530 g/mol. The Morgan fingerprint density at radius 2 is 1.79 bits per heavy atom. The molecule has 2 aromatic carbocycles. The molecule has 1 aromatic heterocycles. The van der Waals surface area contributed by atoms with E-state index in [0.717, 1.165) is 54.0 Å². The van der Waals surface area contributed by atoms with Crippen LogP contribution < -0.4 is 16.4 Å². The highest BCUT2D eigenvalue weighted by Gasteiger charge is 2.38. The fraction of sp³-hybridized carbons (Fsp3) is 0.455. The van der Waals surface area contributed by atoms with E-state index in [1.165, 1.54) is 6.42 Å². The molecule has 4 N–H and O–H groups in total. The molecule has 5 rings (SSSR count). The number of nitrogens with zero attached hydrogens (tertiary/aromatic N) is 2. The number of ether oxygens (including phenoxy) is 1.